The number of rotatable bonds is 4. The summed E-state index contributed by atoms with van der Waals surface area (Å²) in [7, 11) is 3.37. The van der Waals surface area contributed by atoms with Crippen LogP contribution in [0.2, 0.25) is 0 Å². The second-order valence-corrected chi connectivity index (χ2v) is 4.75. The third-order valence-corrected chi connectivity index (χ3v) is 2.86. The molecule has 1 amide bonds. The van der Waals surface area contributed by atoms with Crippen LogP contribution in [-0.2, 0) is 11.0 Å². The number of amides is 1. The summed E-state index contributed by atoms with van der Waals surface area (Å²) >= 11 is 0. The number of benzene rings is 1. The molecule has 1 aromatic carbocycles. The molecule has 1 aromatic rings. The van der Waals surface area contributed by atoms with Gasteiger partial charge in [0.2, 0.25) is 5.91 Å². The van der Waals surface area contributed by atoms with Gasteiger partial charge in [-0.05, 0) is 18.2 Å². The fraction of sp³-hybridized carbons (Fsp3) is 0.462. The average molecular weight is 289 g/mol. The van der Waals surface area contributed by atoms with Gasteiger partial charge in [0.1, 0.15) is 0 Å². The summed E-state index contributed by atoms with van der Waals surface area (Å²) in [5.74, 6) is -0.880. The number of alkyl halides is 3. The molecule has 0 aromatic heterocycles. The number of carbonyl (C=O) groups excluding carboxylic acids is 1. The van der Waals surface area contributed by atoms with Crippen molar-refractivity contribution in [3.8, 4) is 0 Å². The Morgan fingerprint density at radius 3 is 2.45 bits per heavy atom. The van der Waals surface area contributed by atoms with E-state index in [2.05, 4.69) is 5.32 Å². The van der Waals surface area contributed by atoms with Crippen LogP contribution in [0, 0.1) is 5.92 Å². The summed E-state index contributed by atoms with van der Waals surface area (Å²) < 4.78 is 38.1. The molecule has 0 radical (unpaired) electrons. The van der Waals surface area contributed by atoms with Crippen molar-refractivity contribution in [1.82, 2.24) is 0 Å². The topological polar surface area (TPSA) is 58.4 Å². The van der Waals surface area contributed by atoms with Crippen LogP contribution in [0.5, 0.6) is 0 Å². The molecule has 1 unspecified atom stereocenters. The molecule has 4 nitrogen and oxygen atoms in total. The van der Waals surface area contributed by atoms with Gasteiger partial charge in [-0.15, -0.1) is 0 Å². The monoisotopic (exact) mass is 289 g/mol. The van der Waals surface area contributed by atoms with Crippen LogP contribution < -0.4 is 16.0 Å². The summed E-state index contributed by atoms with van der Waals surface area (Å²) in [5, 5.41) is 2.49. The summed E-state index contributed by atoms with van der Waals surface area (Å²) in [6, 6.07) is 3.24. The lowest BCUT2D eigenvalue weighted by molar-refractivity contribution is -0.137. The molecular weight excluding hydrogens is 271 g/mol. The summed E-state index contributed by atoms with van der Waals surface area (Å²) in [6.45, 7) is 1.74. The van der Waals surface area contributed by atoms with Crippen LogP contribution in [0.1, 0.15) is 12.5 Å². The van der Waals surface area contributed by atoms with Gasteiger partial charge in [-0.1, -0.05) is 6.92 Å². The van der Waals surface area contributed by atoms with Crippen molar-refractivity contribution in [1.29, 1.82) is 0 Å². The van der Waals surface area contributed by atoms with E-state index in [9.17, 15) is 18.0 Å². The van der Waals surface area contributed by atoms with Crippen molar-refractivity contribution in [2.45, 2.75) is 13.1 Å². The largest absolute Gasteiger partial charge is 0.416 e. The van der Waals surface area contributed by atoms with E-state index in [0.717, 1.165) is 12.1 Å². The Labute approximate surface area is 115 Å². The van der Waals surface area contributed by atoms with Crippen molar-refractivity contribution in [3.05, 3.63) is 23.8 Å². The first-order valence-corrected chi connectivity index (χ1v) is 6.06. The van der Waals surface area contributed by atoms with Crippen molar-refractivity contribution in [2.24, 2.45) is 11.7 Å². The van der Waals surface area contributed by atoms with E-state index in [4.69, 9.17) is 5.73 Å². The molecule has 0 saturated carbocycles. The third kappa shape index (κ3) is 3.86. The molecule has 0 saturated heterocycles. The first-order chi connectivity index (χ1) is 9.16. The lowest BCUT2D eigenvalue weighted by Gasteiger charge is -2.20. The van der Waals surface area contributed by atoms with E-state index in [0.29, 0.717) is 5.69 Å². The molecule has 0 aliphatic rings. The average Bonchev–Trinajstić information content (AvgIpc) is 2.36. The molecule has 112 valence electrons. The van der Waals surface area contributed by atoms with Gasteiger partial charge in [0, 0.05) is 26.6 Å². The molecular formula is C13H18F3N3O. The van der Waals surface area contributed by atoms with Crippen molar-refractivity contribution < 1.29 is 18.0 Å². The highest BCUT2D eigenvalue weighted by atomic mass is 19.4. The van der Waals surface area contributed by atoms with Gasteiger partial charge >= 0.3 is 6.18 Å². The number of carbonyl (C=O) groups is 1. The Hall–Kier alpha value is -1.76. The second kappa shape index (κ2) is 6.13. The lowest BCUT2D eigenvalue weighted by Crippen LogP contribution is -2.27. The van der Waals surface area contributed by atoms with E-state index in [1.165, 1.54) is 6.07 Å². The van der Waals surface area contributed by atoms with Crippen LogP contribution in [0.4, 0.5) is 24.5 Å². The molecule has 0 heterocycles. The second-order valence-electron chi connectivity index (χ2n) is 4.75. The maximum absolute atomic E-state index is 12.7. The highest BCUT2D eigenvalue weighted by molar-refractivity contribution is 5.95. The maximum atomic E-state index is 12.7. The third-order valence-electron chi connectivity index (χ3n) is 2.86. The molecule has 0 fully saturated rings. The van der Waals surface area contributed by atoms with E-state index in [1.807, 2.05) is 0 Å². The minimum Gasteiger partial charge on any atom is -0.376 e. The Kier molecular flexibility index (Phi) is 4.99. The van der Waals surface area contributed by atoms with Gasteiger partial charge in [-0.25, -0.2) is 0 Å². The number of hydrogen-bond acceptors (Lipinski definition) is 3. The number of nitrogens with one attached hydrogen (secondary N) is 1. The standard InChI is InChI=1S/C13H18F3N3O/c1-8(7-17)12(20)18-10-6-9(13(14,15)16)4-5-11(10)19(2)3/h4-6,8H,7,17H2,1-3H3,(H,18,20). The van der Waals surface area contributed by atoms with E-state index >= 15 is 0 Å². The summed E-state index contributed by atoms with van der Waals surface area (Å²) in [6.07, 6.45) is -4.45. The Balaban J connectivity index is 3.16. The molecule has 0 spiro atoms. The van der Waals surface area contributed by atoms with Gasteiger partial charge in [0.25, 0.3) is 0 Å². The molecule has 0 aliphatic carbocycles. The zero-order chi connectivity index (χ0) is 15.5. The Morgan fingerprint density at radius 1 is 1.40 bits per heavy atom. The predicted octanol–water partition coefficient (Wildman–Crippen LogP) is 2.30. The zero-order valence-electron chi connectivity index (χ0n) is 11.6. The molecule has 7 heteroatoms. The number of hydrogen-bond donors (Lipinski definition) is 2. The maximum Gasteiger partial charge on any atom is 0.416 e. The van der Waals surface area contributed by atoms with Gasteiger partial charge in [-0.2, -0.15) is 13.2 Å². The van der Waals surface area contributed by atoms with Crippen LogP contribution in [-0.4, -0.2) is 26.5 Å². The van der Waals surface area contributed by atoms with Crippen LogP contribution in [0.15, 0.2) is 18.2 Å². The molecule has 3 N–H and O–H groups in total. The molecule has 20 heavy (non-hydrogen) atoms. The summed E-state index contributed by atoms with van der Waals surface area (Å²) in [5.41, 5.74) is 5.18. The SMILES string of the molecule is CC(CN)C(=O)Nc1cc(C(F)(F)F)ccc1N(C)C. The zero-order valence-corrected chi connectivity index (χ0v) is 11.6. The first kappa shape index (κ1) is 16.3. The molecule has 1 rings (SSSR count). The minimum atomic E-state index is -4.45. The first-order valence-electron chi connectivity index (χ1n) is 6.06. The van der Waals surface area contributed by atoms with Crippen LogP contribution >= 0.6 is 0 Å². The predicted molar refractivity (Wildman–Crippen MR) is 72.6 cm³/mol. The molecule has 0 bridgehead atoms. The van der Waals surface area contributed by atoms with Gasteiger partial charge in [0.05, 0.1) is 16.9 Å². The quantitative estimate of drug-likeness (QED) is 0.894. The number of anilines is 2. The van der Waals surface area contributed by atoms with Crippen LogP contribution in [0.3, 0.4) is 0 Å². The number of nitrogens with zero attached hydrogens (tertiary/aromatic N) is 1. The van der Waals surface area contributed by atoms with E-state index < -0.39 is 23.6 Å². The fourth-order valence-corrected chi connectivity index (χ4v) is 1.57. The van der Waals surface area contributed by atoms with E-state index in [1.54, 1.807) is 25.9 Å². The van der Waals surface area contributed by atoms with Crippen LogP contribution in [0.25, 0.3) is 0 Å². The van der Waals surface area contributed by atoms with E-state index in [-0.39, 0.29) is 12.2 Å². The Bertz CT molecular complexity index is 486. The highest BCUT2D eigenvalue weighted by Crippen LogP contribution is 2.35. The lowest BCUT2D eigenvalue weighted by atomic mass is 10.1. The van der Waals surface area contributed by atoms with Gasteiger partial charge in [-0.3, -0.25) is 4.79 Å². The van der Waals surface area contributed by atoms with Crippen molar-refractivity contribution in [3.63, 3.8) is 0 Å². The highest BCUT2D eigenvalue weighted by Gasteiger charge is 2.31. The smallest absolute Gasteiger partial charge is 0.376 e. The van der Waals surface area contributed by atoms with Crippen molar-refractivity contribution >= 4 is 17.3 Å². The van der Waals surface area contributed by atoms with Gasteiger partial charge < -0.3 is 16.0 Å². The number of nitrogens with two attached hydrogens (primary N) is 1. The van der Waals surface area contributed by atoms with Crippen molar-refractivity contribution in [2.75, 3.05) is 30.9 Å². The number of halogens is 3. The van der Waals surface area contributed by atoms with Gasteiger partial charge in [0.15, 0.2) is 0 Å². The molecule has 1 atom stereocenters. The fourth-order valence-electron chi connectivity index (χ4n) is 1.57. The Morgan fingerprint density at radius 2 is 2.00 bits per heavy atom. The normalized spacial score (nSPS) is 12.9. The summed E-state index contributed by atoms with van der Waals surface area (Å²) in [4.78, 5) is 13.4. The molecule has 0 aliphatic heterocycles. The minimum absolute atomic E-state index is 0.120.